The molecule has 1 saturated carbocycles. The van der Waals surface area contributed by atoms with Gasteiger partial charge >= 0.3 is 0 Å². The van der Waals surface area contributed by atoms with Gasteiger partial charge in [0.15, 0.2) is 0 Å². The fourth-order valence-electron chi connectivity index (χ4n) is 2.14. The molecule has 0 aromatic carbocycles. The van der Waals surface area contributed by atoms with Crippen LogP contribution in [0.2, 0.25) is 0 Å². The van der Waals surface area contributed by atoms with Crippen molar-refractivity contribution >= 4 is 5.84 Å². The lowest BCUT2D eigenvalue weighted by atomic mass is 9.88. The number of hydrogen-bond donors (Lipinski definition) is 2. The van der Waals surface area contributed by atoms with E-state index < -0.39 is 0 Å². The van der Waals surface area contributed by atoms with Crippen LogP contribution in [0.4, 0.5) is 0 Å². The predicted molar refractivity (Wildman–Crippen MR) is 70.3 cm³/mol. The first-order valence-electron chi connectivity index (χ1n) is 6.65. The third-order valence-electron chi connectivity index (χ3n) is 3.80. The van der Waals surface area contributed by atoms with Crippen LogP contribution in [0.1, 0.15) is 65.7 Å². The Morgan fingerprint density at radius 1 is 1.25 bits per heavy atom. The van der Waals surface area contributed by atoms with Crippen LogP contribution >= 0.6 is 0 Å². The van der Waals surface area contributed by atoms with Gasteiger partial charge in [-0.05, 0) is 19.3 Å². The summed E-state index contributed by atoms with van der Waals surface area (Å²) in [6, 6.07) is 0.486. The second kappa shape index (κ2) is 6.24. The van der Waals surface area contributed by atoms with E-state index in [4.69, 9.17) is 10.8 Å². The highest BCUT2D eigenvalue weighted by molar-refractivity contribution is 5.87. The van der Waals surface area contributed by atoms with Gasteiger partial charge < -0.3 is 5.43 Å². The van der Waals surface area contributed by atoms with Gasteiger partial charge in [0.1, 0.15) is 5.84 Å². The zero-order chi connectivity index (χ0) is 12.0. The first-order valence-corrected chi connectivity index (χ1v) is 6.65. The van der Waals surface area contributed by atoms with E-state index in [0.717, 1.165) is 12.3 Å². The number of rotatable bonds is 3. The number of nitrogens with two attached hydrogens (primary N) is 1. The summed E-state index contributed by atoms with van der Waals surface area (Å²) in [6.07, 6.45) is 8.89. The standard InChI is InChI=1S/C13H27N3/c1-4-13(2,3)12(16-14)15-11-9-7-5-6-8-10-11/h11H,4-10,14H2,1-3H3,(H,15,16). The maximum Gasteiger partial charge on any atom is 0.116 e. The van der Waals surface area contributed by atoms with E-state index in [0.29, 0.717) is 6.04 Å². The van der Waals surface area contributed by atoms with Crippen LogP contribution in [0.15, 0.2) is 4.99 Å². The fourth-order valence-corrected chi connectivity index (χ4v) is 2.14. The Morgan fingerprint density at radius 3 is 2.25 bits per heavy atom. The number of aliphatic imine (C=N–C) groups is 1. The maximum atomic E-state index is 5.61. The number of nitrogens with one attached hydrogen (secondary N) is 1. The summed E-state index contributed by atoms with van der Waals surface area (Å²) in [4.78, 5) is 4.84. The highest BCUT2D eigenvalue weighted by Crippen LogP contribution is 2.24. The Morgan fingerprint density at radius 2 is 1.81 bits per heavy atom. The van der Waals surface area contributed by atoms with Gasteiger partial charge in [-0.1, -0.05) is 46.5 Å². The largest absolute Gasteiger partial charge is 0.312 e. The number of hydrogen-bond acceptors (Lipinski definition) is 2. The van der Waals surface area contributed by atoms with Crippen molar-refractivity contribution in [2.45, 2.75) is 71.8 Å². The van der Waals surface area contributed by atoms with Gasteiger partial charge in [0.2, 0.25) is 0 Å². The summed E-state index contributed by atoms with van der Waals surface area (Å²) < 4.78 is 0. The monoisotopic (exact) mass is 225 g/mol. The van der Waals surface area contributed by atoms with Crippen molar-refractivity contribution in [2.24, 2.45) is 16.3 Å². The second-order valence-electron chi connectivity index (χ2n) is 5.50. The predicted octanol–water partition coefficient (Wildman–Crippen LogP) is 3.01. The van der Waals surface area contributed by atoms with Crippen LogP contribution in [0, 0.1) is 5.41 Å². The Bertz CT molecular complexity index is 225. The quantitative estimate of drug-likeness (QED) is 0.255. The van der Waals surface area contributed by atoms with Crippen LogP contribution in [-0.4, -0.2) is 11.9 Å². The minimum Gasteiger partial charge on any atom is -0.312 e. The van der Waals surface area contributed by atoms with Gasteiger partial charge in [-0.3, -0.25) is 4.99 Å². The molecule has 3 N–H and O–H groups in total. The number of nitrogens with zero attached hydrogens (tertiary/aromatic N) is 1. The molecule has 0 aromatic heterocycles. The average molecular weight is 225 g/mol. The first-order chi connectivity index (χ1) is 7.60. The van der Waals surface area contributed by atoms with Crippen molar-refractivity contribution in [3.05, 3.63) is 0 Å². The molecule has 3 nitrogen and oxygen atoms in total. The van der Waals surface area contributed by atoms with Crippen molar-refractivity contribution in [1.29, 1.82) is 0 Å². The van der Waals surface area contributed by atoms with Crippen molar-refractivity contribution in [2.75, 3.05) is 0 Å². The van der Waals surface area contributed by atoms with Crippen LogP contribution in [0.25, 0.3) is 0 Å². The molecule has 0 heterocycles. The fraction of sp³-hybridized carbons (Fsp3) is 0.923. The van der Waals surface area contributed by atoms with Gasteiger partial charge in [0, 0.05) is 5.41 Å². The molecule has 0 aromatic rings. The molecule has 1 fully saturated rings. The van der Waals surface area contributed by atoms with E-state index in [2.05, 4.69) is 26.2 Å². The summed E-state index contributed by atoms with van der Waals surface area (Å²) in [5.74, 6) is 6.58. The molecule has 0 unspecified atom stereocenters. The van der Waals surface area contributed by atoms with Gasteiger partial charge in [0.05, 0.1) is 6.04 Å². The lowest BCUT2D eigenvalue weighted by Gasteiger charge is -2.26. The van der Waals surface area contributed by atoms with Gasteiger partial charge in [-0.25, -0.2) is 5.84 Å². The average Bonchev–Trinajstić information content (AvgIpc) is 2.54. The molecule has 0 radical (unpaired) electrons. The topological polar surface area (TPSA) is 50.4 Å². The molecule has 3 heteroatoms. The maximum absolute atomic E-state index is 5.61. The third-order valence-corrected chi connectivity index (χ3v) is 3.80. The molecule has 0 bridgehead atoms. The van der Waals surface area contributed by atoms with E-state index >= 15 is 0 Å². The molecule has 16 heavy (non-hydrogen) atoms. The molecule has 1 aliphatic carbocycles. The minimum atomic E-state index is 0.0705. The van der Waals surface area contributed by atoms with Gasteiger partial charge in [-0.2, -0.15) is 0 Å². The Labute approximate surface area is 99.9 Å². The molecule has 0 saturated heterocycles. The van der Waals surface area contributed by atoms with Crippen molar-refractivity contribution in [3.8, 4) is 0 Å². The van der Waals surface area contributed by atoms with E-state index in [-0.39, 0.29) is 5.41 Å². The molecule has 1 aliphatic rings. The van der Waals surface area contributed by atoms with Gasteiger partial charge in [0.25, 0.3) is 0 Å². The summed E-state index contributed by atoms with van der Waals surface area (Å²) in [5, 5.41) is 0. The van der Waals surface area contributed by atoms with Crippen LogP contribution in [0.5, 0.6) is 0 Å². The first kappa shape index (κ1) is 13.5. The molecule has 0 aliphatic heterocycles. The summed E-state index contributed by atoms with van der Waals surface area (Å²) in [7, 11) is 0. The van der Waals surface area contributed by atoms with Crippen molar-refractivity contribution in [3.63, 3.8) is 0 Å². The smallest absolute Gasteiger partial charge is 0.116 e. The Hall–Kier alpha value is -0.570. The normalized spacial score (nSPS) is 20.6. The molecular formula is C13H27N3. The van der Waals surface area contributed by atoms with Crippen LogP contribution < -0.4 is 11.3 Å². The highest BCUT2D eigenvalue weighted by atomic mass is 15.3. The van der Waals surface area contributed by atoms with Crippen molar-refractivity contribution in [1.82, 2.24) is 5.43 Å². The van der Waals surface area contributed by atoms with Crippen LogP contribution in [0.3, 0.4) is 0 Å². The summed E-state index contributed by atoms with van der Waals surface area (Å²) in [5.41, 5.74) is 2.88. The van der Waals surface area contributed by atoms with E-state index in [1.807, 2.05) is 0 Å². The molecule has 94 valence electrons. The molecule has 0 amide bonds. The van der Waals surface area contributed by atoms with E-state index in [1.54, 1.807) is 0 Å². The second-order valence-corrected chi connectivity index (χ2v) is 5.50. The zero-order valence-electron chi connectivity index (χ0n) is 11.1. The SMILES string of the molecule is CCC(C)(C)C(=NC1CCCCCC1)NN. The third kappa shape index (κ3) is 3.78. The lowest BCUT2D eigenvalue weighted by molar-refractivity contribution is 0.472. The number of amidine groups is 1. The lowest BCUT2D eigenvalue weighted by Crippen LogP contribution is -2.41. The summed E-state index contributed by atoms with van der Waals surface area (Å²) in [6.45, 7) is 6.57. The van der Waals surface area contributed by atoms with E-state index in [1.165, 1.54) is 38.5 Å². The molecule has 1 rings (SSSR count). The Balaban J connectivity index is 2.69. The Kier molecular flexibility index (Phi) is 5.26. The van der Waals surface area contributed by atoms with Crippen molar-refractivity contribution < 1.29 is 0 Å². The minimum absolute atomic E-state index is 0.0705. The van der Waals surface area contributed by atoms with Crippen LogP contribution in [-0.2, 0) is 0 Å². The van der Waals surface area contributed by atoms with Gasteiger partial charge in [-0.15, -0.1) is 0 Å². The zero-order valence-corrected chi connectivity index (χ0v) is 11.1. The molecule has 0 spiro atoms. The number of hydrazine groups is 1. The highest BCUT2D eigenvalue weighted by Gasteiger charge is 2.23. The summed E-state index contributed by atoms with van der Waals surface area (Å²) >= 11 is 0. The molecular weight excluding hydrogens is 198 g/mol. The molecule has 0 atom stereocenters. The van der Waals surface area contributed by atoms with E-state index in [9.17, 15) is 0 Å².